The van der Waals surface area contributed by atoms with Crippen molar-refractivity contribution in [3.05, 3.63) is 82.9 Å². The molecule has 2 heterocycles. The van der Waals surface area contributed by atoms with Crippen LogP contribution in [0.1, 0.15) is 22.4 Å². The fraction of sp³-hybridized carbons (Fsp3) is 0.261. The van der Waals surface area contributed by atoms with Gasteiger partial charge in [0, 0.05) is 36.4 Å². The summed E-state index contributed by atoms with van der Waals surface area (Å²) in [4.78, 5) is 14.8. The van der Waals surface area contributed by atoms with Crippen molar-refractivity contribution < 1.29 is 9.18 Å². The highest BCUT2D eigenvalue weighted by Crippen LogP contribution is 2.29. The Labute approximate surface area is 164 Å². The van der Waals surface area contributed by atoms with Gasteiger partial charge in [-0.15, -0.1) is 0 Å². The van der Waals surface area contributed by atoms with Crippen LogP contribution in [-0.2, 0) is 24.3 Å². The predicted molar refractivity (Wildman–Crippen MR) is 110 cm³/mol. The van der Waals surface area contributed by atoms with Gasteiger partial charge in [0.1, 0.15) is 5.82 Å². The molecule has 1 aliphatic rings. The molecule has 0 radical (unpaired) electrons. The lowest BCUT2D eigenvalue weighted by Crippen LogP contribution is -2.33. The van der Waals surface area contributed by atoms with Gasteiger partial charge in [0.05, 0.1) is 13.0 Å². The Kier molecular flexibility index (Phi) is 4.90. The molecule has 1 N–H and O–H groups in total. The van der Waals surface area contributed by atoms with E-state index in [4.69, 9.17) is 0 Å². The number of aromatic nitrogens is 1. The Bertz CT molecular complexity index is 1000. The van der Waals surface area contributed by atoms with Crippen molar-refractivity contribution in [1.29, 1.82) is 0 Å². The van der Waals surface area contributed by atoms with E-state index < -0.39 is 0 Å². The van der Waals surface area contributed by atoms with Gasteiger partial charge in [-0.25, -0.2) is 4.39 Å². The molecule has 4 rings (SSSR count). The number of rotatable bonds is 4. The second kappa shape index (κ2) is 7.50. The Balaban J connectivity index is 1.50. The minimum absolute atomic E-state index is 0.0242. The number of carbonyl (C=O) groups excluding carboxylic acids is 1. The van der Waals surface area contributed by atoms with Crippen LogP contribution in [0.4, 0.5) is 15.8 Å². The highest BCUT2D eigenvalue weighted by Gasteiger charge is 2.18. The summed E-state index contributed by atoms with van der Waals surface area (Å²) in [6.45, 7) is 6.82. The second-order valence-electron chi connectivity index (χ2n) is 7.39. The van der Waals surface area contributed by atoms with E-state index in [1.807, 2.05) is 13.8 Å². The largest absolute Gasteiger partial charge is 0.364 e. The average molecular weight is 377 g/mol. The molecule has 1 amide bonds. The zero-order valence-corrected chi connectivity index (χ0v) is 16.2. The summed E-state index contributed by atoms with van der Waals surface area (Å²) in [6, 6.07) is 14.9. The van der Waals surface area contributed by atoms with E-state index in [0.29, 0.717) is 5.56 Å². The highest BCUT2D eigenvalue weighted by atomic mass is 19.1. The van der Waals surface area contributed by atoms with Gasteiger partial charge in [-0.1, -0.05) is 18.2 Å². The Hall–Kier alpha value is -3.08. The summed E-state index contributed by atoms with van der Waals surface area (Å²) in [5.41, 5.74) is 5.71. The van der Waals surface area contributed by atoms with Crippen molar-refractivity contribution in [2.75, 3.05) is 16.8 Å². The monoisotopic (exact) mass is 377 g/mol. The molecular formula is C23H24FN3O. The van der Waals surface area contributed by atoms with Gasteiger partial charge in [0.15, 0.2) is 0 Å². The first-order valence-electron chi connectivity index (χ1n) is 9.55. The van der Waals surface area contributed by atoms with Crippen LogP contribution in [0.2, 0.25) is 0 Å². The number of nitrogens with zero attached hydrogens (tertiary/aromatic N) is 2. The zero-order valence-electron chi connectivity index (χ0n) is 16.2. The summed E-state index contributed by atoms with van der Waals surface area (Å²) in [5, 5.41) is 2.97. The van der Waals surface area contributed by atoms with Gasteiger partial charge in [0.25, 0.3) is 0 Å². The third-order valence-electron chi connectivity index (χ3n) is 5.34. The Morgan fingerprint density at radius 1 is 1.07 bits per heavy atom. The van der Waals surface area contributed by atoms with Gasteiger partial charge in [0.2, 0.25) is 5.91 Å². The van der Waals surface area contributed by atoms with Crippen molar-refractivity contribution in [2.45, 2.75) is 33.4 Å². The summed E-state index contributed by atoms with van der Waals surface area (Å²) in [7, 11) is 0. The van der Waals surface area contributed by atoms with E-state index in [0.717, 1.165) is 42.1 Å². The highest BCUT2D eigenvalue weighted by molar-refractivity contribution is 5.94. The first-order chi connectivity index (χ1) is 13.5. The van der Waals surface area contributed by atoms with Gasteiger partial charge < -0.3 is 14.8 Å². The maximum absolute atomic E-state index is 13.8. The van der Waals surface area contributed by atoms with Crippen LogP contribution in [0, 0.1) is 19.7 Å². The molecule has 0 bridgehead atoms. The molecule has 4 nitrogen and oxygen atoms in total. The minimum Gasteiger partial charge on any atom is -0.364 e. The fourth-order valence-corrected chi connectivity index (χ4v) is 3.85. The summed E-state index contributed by atoms with van der Waals surface area (Å²) < 4.78 is 16.1. The van der Waals surface area contributed by atoms with E-state index >= 15 is 0 Å². The summed E-state index contributed by atoms with van der Waals surface area (Å²) >= 11 is 0. The predicted octanol–water partition coefficient (Wildman–Crippen LogP) is 4.45. The number of hydrogen-bond acceptors (Lipinski definition) is 2. The number of halogens is 1. The number of anilines is 2. The van der Waals surface area contributed by atoms with Gasteiger partial charge in [-0.05, 0) is 60.9 Å². The fourth-order valence-electron chi connectivity index (χ4n) is 3.85. The maximum atomic E-state index is 13.8. The smallest absolute Gasteiger partial charge is 0.228 e. The van der Waals surface area contributed by atoms with Crippen LogP contribution in [0.5, 0.6) is 0 Å². The first-order valence-corrected chi connectivity index (χ1v) is 9.55. The van der Waals surface area contributed by atoms with Crippen LogP contribution >= 0.6 is 0 Å². The standard InChI is InChI=1S/C23H24FN3O/c1-16-12-20(27-11-10-26-9-5-7-19(26)15-27)13-17(2)23(16)25-22(28)14-18-6-3-4-8-21(18)24/h3-9,12-13H,10-11,14-15H2,1-2H3,(H,25,28). The summed E-state index contributed by atoms with van der Waals surface area (Å²) in [5.74, 6) is -0.559. The number of carbonyl (C=O) groups is 1. The Morgan fingerprint density at radius 2 is 1.82 bits per heavy atom. The average Bonchev–Trinajstić information content (AvgIpc) is 3.14. The SMILES string of the molecule is Cc1cc(N2CCn3cccc3C2)cc(C)c1NC(=O)Cc1ccccc1F. The van der Waals surface area contributed by atoms with E-state index in [2.05, 4.69) is 45.2 Å². The number of amides is 1. The van der Waals surface area contributed by atoms with E-state index in [1.54, 1.807) is 18.2 Å². The number of nitrogens with one attached hydrogen (secondary N) is 1. The van der Waals surface area contributed by atoms with Crippen LogP contribution in [0.25, 0.3) is 0 Å². The van der Waals surface area contributed by atoms with Gasteiger partial charge >= 0.3 is 0 Å². The van der Waals surface area contributed by atoms with Crippen molar-refractivity contribution in [3.63, 3.8) is 0 Å². The molecule has 3 aromatic rings. The molecule has 1 aliphatic heterocycles. The number of benzene rings is 2. The summed E-state index contributed by atoms with van der Waals surface area (Å²) in [6.07, 6.45) is 2.15. The molecule has 5 heteroatoms. The topological polar surface area (TPSA) is 37.3 Å². The van der Waals surface area contributed by atoms with Crippen molar-refractivity contribution in [3.8, 4) is 0 Å². The molecular weight excluding hydrogens is 353 g/mol. The van der Waals surface area contributed by atoms with E-state index in [-0.39, 0.29) is 18.1 Å². The molecule has 2 aromatic carbocycles. The van der Waals surface area contributed by atoms with Crippen LogP contribution in [0.3, 0.4) is 0 Å². The van der Waals surface area contributed by atoms with E-state index in [9.17, 15) is 9.18 Å². The normalized spacial score (nSPS) is 13.3. The van der Waals surface area contributed by atoms with Crippen LogP contribution in [0.15, 0.2) is 54.7 Å². The molecule has 0 unspecified atom stereocenters. The van der Waals surface area contributed by atoms with Gasteiger partial charge in [-0.2, -0.15) is 0 Å². The molecule has 1 aromatic heterocycles. The van der Waals surface area contributed by atoms with E-state index in [1.165, 1.54) is 11.8 Å². The molecule has 0 saturated heterocycles. The van der Waals surface area contributed by atoms with Crippen LogP contribution < -0.4 is 10.2 Å². The third-order valence-corrected chi connectivity index (χ3v) is 5.34. The lowest BCUT2D eigenvalue weighted by atomic mass is 10.1. The van der Waals surface area contributed by atoms with Crippen molar-refractivity contribution >= 4 is 17.3 Å². The first kappa shape index (κ1) is 18.3. The quantitative estimate of drug-likeness (QED) is 0.730. The lowest BCUT2D eigenvalue weighted by Gasteiger charge is -2.31. The molecule has 0 atom stereocenters. The maximum Gasteiger partial charge on any atom is 0.228 e. The number of aryl methyl sites for hydroxylation is 2. The third kappa shape index (κ3) is 3.65. The van der Waals surface area contributed by atoms with Crippen molar-refractivity contribution in [2.24, 2.45) is 0 Å². The zero-order chi connectivity index (χ0) is 19.7. The molecule has 0 saturated carbocycles. The number of fused-ring (bicyclic) bond motifs is 1. The number of hydrogen-bond donors (Lipinski definition) is 1. The lowest BCUT2D eigenvalue weighted by molar-refractivity contribution is -0.115. The van der Waals surface area contributed by atoms with Crippen molar-refractivity contribution in [1.82, 2.24) is 4.57 Å². The minimum atomic E-state index is -0.351. The molecule has 144 valence electrons. The Morgan fingerprint density at radius 3 is 2.57 bits per heavy atom. The molecule has 0 aliphatic carbocycles. The molecule has 28 heavy (non-hydrogen) atoms. The molecule has 0 fully saturated rings. The van der Waals surface area contributed by atoms with Crippen LogP contribution in [-0.4, -0.2) is 17.0 Å². The molecule has 0 spiro atoms. The second-order valence-corrected chi connectivity index (χ2v) is 7.39. The van der Waals surface area contributed by atoms with Gasteiger partial charge in [-0.3, -0.25) is 4.79 Å².